The SMILES string of the molecule is C(#Cc1ccc(C2CCc3ccccc3C2)cc1)c1ccc(-c2ccccc2)cc1. The molecule has 4 aromatic rings. The Morgan fingerprint density at radius 3 is 1.80 bits per heavy atom. The summed E-state index contributed by atoms with van der Waals surface area (Å²) >= 11 is 0. The summed E-state index contributed by atoms with van der Waals surface area (Å²) in [5, 5.41) is 0. The second kappa shape index (κ2) is 8.44. The van der Waals surface area contributed by atoms with Crippen molar-refractivity contribution in [2.24, 2.45) is 0 Å². The highest BCUT2D eigenvalue weighted by Crippen LogP contribution is 2.32. The summed E-state index contributed by atoms with van der Waals surface area (Å²) in [6.07, 6.45) is 3.56. The monoisotopic (exact) mass is 384 g/mol. The third kappa shape index (κ3) is 4.07. The molecule has 0 saturated carbocycles. The molecule has 0 fully saturated rings. The molecule has 0 amide bonds. The fourth-order valence-electron chi connectivity index (χ4n) is 4.34. The second-order valence-corrected chi connectivity index (χ2v) is 8.02. The van der Waals surface area contributed by atoms with Crippen LogP contribution in [0.25, 0.3) is 11.1 Å². The van der Waals surface area contributed by atoms with Gasteiger partial charge in [-0.05, 0) is 77.3 Å². The summed E-state index contributed by atoms with van der Waals surface area (Å²) in [5.74, 6) is 7.24. The van der Waals surface area contributed by atoms with E-state index < -0.39 is 0 Å². The Morgan fingerprint density at radius 2 is 1.10 bits per heavy atom. The molecule has 0 heterocycles. The van der Waals surface area contributed by atoms with Crippen molar-refractivity contribution in [3.63, 3.8) is 0 Å². The molecule has 4 aromatic carbocycles. The lowest BCUT2D eigenvalue weighted by atomic mass is 9.80. The fourth-order valence-corrected chi connectivity index (χ4v) is 4.34. The van der Waals surface area contributed by atoms with Crippen LogP contribution in [-0.2, 0) is 12.8 Å². The van der Waals surface area contributed by atoms with E-state index in [1.165, 1.54) is 40.7 Å². The first-order chi connectivity index (χ1) is 14.8. The topological polar surface area (TPSA) is 0 Å². The molecule has 0 bridgehead atoms. The predicted molar refractivity (Wildman–Crippen MR) is 126 cm³/mol. The molecule has 0 N–H and O–H groups in total. The summed E-state index contributed by atoms with van der Waals surface area (Å²) in [4.78, 5) is 0. The van der Waals surface area contributed by atoms with Gasteiger partial charge >= 0.3 is 0 Å². The van der Waals surface area contributed by atoms with Crippen molar-refractivity contribution in [2.75, 3.05) is 0 Å². The van der Waals surface area contributed by atoms with Crippen LogP contribution in [0, 0.1) is 11.8 Å². The molecule has 0 saturated heterocycles. The van der Waals surface area contributed by atoms with Gasteiger partial charge in [-0.25, -0.2) is 0 Å². The highest BCUT2D eigenvalue weighted by molar-refractivity contribution is 5.64. The van der Waals surface area contributed by atoms with Crippen molar-refractivity contribution in [1.29, 1.82) is 0 Å². The highest BCUT2D eigenvalue weighted by atomic mass is 14.2. The zero-order valence-corrected chi connectivity index (χ0v) is 17.0. The van der Waals surface area contributed by atoms with Gasteiger partial charge in [0, 0.05) is 11.1 Å². The van der Waals surface area contributed by atoms with Crippen LogP contribution in [0.4, 0.5) is 0 Å². The molecule has 0 aliphatic heterocycles. The summed E-state index contributed by atoms with van der Waals surface area (Å²) < 4.78 is 0. The van der Waals surface area contributed by atoms with E-state index in [9.17, 15) is 0 Å². The van der Waals surface area contributed by atoms with E-state index in [4.69, 9.17) is 0 Å². The van der Waals surface area contributed by atoms with Crippen LogP contribution < -0.4 is 0 Å². The lowest BCUT2D eigenvalue weighted by Gasteiger charge is -2.25. The molecule has 0 aromatic heterocycles. The first-order valence-electron chi connectivity index (χ1n) is 10.7. The minimum atomic E-state index is 0.618. The van der Waals surface area contributed by atoms with Crippen LogP contribution >= 0.6 is 0 Å². The van der Waals surface area contributed by atoms with Crippen molar-refractivity contribution in [2.45, 2.75) is 25.2 Å². The maximum atomic E-state index is 3.32. The Balaban J connectivity index is 1.28. The fraction of sp³-hybridized carbons (Fsp3) is 0.133. The minimum absolute atomic E-state index is 0.618. The van der Waals surface area contributed by atoms with E-state index in [0.29, 0.717) is 5.92 Å². The Bertz CT molecular complexity index is 1190. The van der Waals surface area contributed by atoms with Crippen molar-refractivity contribution >= 4 is 0 Å². The van der Waals surface area contributed by atoms with E-state index in [-0.39, 0.29) is 0 Å². The van der Waals surface area contributed by atoms with Gasteiger partial charge in [0.05, 0.1) is 0 Å². The molecule has 0 nitrogen and oxygen atoms in total. The summed E-state index contributed by atoms with van der Waals surface area (Å²) in [6.45, 7) is 0. The number of hydrogen-bond acceptors (Lipinski definition) is 0. The first-order valence-corrected chi connectivity index (χ1v) is 10.7. The van der Waals surface area contributed by atoms with Gasteiger partial charge < -0.3 is 0 Å². The van der Waals surface area contributed by atoms with Crippen LogP contribution in [-0.4, -0.2) is 0 Å². The van der Waals surface area contributed by atoms with E-state index in [1.54, 1.807) is 0 Å². The molecule has 1 unspecified atom stereocenters. The lowest BCUT2D eigenvalue weighted by molar-refractivity contribution is 0.585. The van der Waals surface area contributed by atoms with Crippen LogP contribution in [0.2, 0.25) is 0 Å². The largest absolute Gasteiger partial charge is 0.0622 e. The molecule has 0 radical (unpaired) electrons. The van der Waals surface area contributed by atoms with Gasteiger partial charge in [-0.2, -0.15) is 0 Å². The molecule has 144 valence electrons. The number of aryl methyl sites for hydroxylation is 1. The third-order valence-corrected chi connectivity index (χ3v) is 6.07. The molecule has 30 heavy (non-hydrogen) atoms. The van der Waals surface area contributed by atoms with Gasteiger partial charge in [0.15, 0.2) is 0 Å². The van der Waals surface area contributed by atoms with Crippen molar-refractivity contribution in [3.05, 3.63) is 131 Å². The van der Waals surface area contributed by atoms with Gasteiger partial charge in [-0.3, -0.25) is 0 Å². The van der Waals surface area contributed by atoms with E-state index in [0.717, 1.165) is 17.5 Å². The average molecular weight is 385 g/mol. The summed E-state index contributed by atoms with van der Waals surface area (Å²) in [5.41, 5.74) is 9.04. The molecule has 1 aliphatic carbocycles. The maximum absolute atomic E-state index is 3.32. The molecular formula is C30H24. The van der Waals surface area contributed by atoms with Gasteiger partial charge in [0.25, 0.3) is 0 Å². The second-order valence-electron chi connectivity index (χ2n) is 8.02. The lowest BCUT2D eigenvalue weighted by Crippen LogP contribution is -2.12. The number of hydrogen-bond donors (Lipinski definition) is 0. The predicted octanol–water partition coefficient (Wildman–Crippen LogP) is 7.03. The first kappa shape index (κ1) is 18.5. The van der Waals surface area contributed by atoms with Gasteiger partial charge in [0.1, 0.15) is 0 Å². The van der Waals surface area contributed by atoms with E-state index >= 15 is 0 Å². The normalized spacial score (nSPS) is 15.0. The highest BCUT2D eigenvalue weighted by Gasteiger charge is 2.19. The van der Waals surface area contributed by atoms with E-state index in [1.807, 2.05) is 6.07 Å². The standard InChI is InChI=1S/C30H24/c1-2-6-25(7-3-1)27-16-12-23(13-17-27)10-11-24-14-18-28(19-15-24)30-21-20-26-8-4-5-9-29(26)22-30/h1-9,12-19,30H,20-22H2. The van der Waals surface area contributed by atoms with Crippen LogP contribution in [0.15, 0.2) is 103 Å². The molecule has 0 heteroatoms. The Labute approximate surface area is 179 Å². The molecule has 0 spiro atoms. The summed E-state index contributed by atoms with van der Waals surface area (Å²) in [6, 6.07) is 36.7. The number of benzene rings is 4. The van der Waals surface area contributed by atoms with Crippen molar-refractivity contribution in [1.82, 2.24) is 0 Å². The summed E-state index contributed by atoms with van der Waals surface area (Å²) in [7, 11) is 0. The zero-order chi connectivity index (χ0) is 20.2. The van der Waals surface area contributed by atoms with Gasteiger partial charge in [-0.1, -0.05) is 90.7 Å². The Morgan fingerprint density at radius 1 is 0.533 bits per heavy atom. The van der Waals surface area contributed by atoms with Gasteiger partial charge in [-0.15, -0.1) is 0 Å². The van der Waals surface area contributed by atoms with Crippen LogP contribution in [0.5, 0.6) is 0 Å². The minimum Gasteiger partial charge on any atom is -0.0622 e. The quantitative estimate of drug-likeness (QED) is 0.326. The van der Waals surface area contributed by atoms with E-state index in [2.05, 4.69) is 109 Å². The number of fused-ring (bicyclic) bond motifs is 1. The van der Waals surface area contributed by atoms with Gasteiger partial charge in [0.2, 0.25) is 0 Å². The smallest absolute Gasteiger partial charge is 0.0249 e. The molecule has 1 atom stereocenters. The van der Waals surface area contributed by atoms with Crippen molar-refractivity contribution < 1.29 is 0 Å². The average Bonchev–Trinajstić information content (AvgIpc) is 2.84. The Kier molecular flexibility index (Phi) is 5.19. The van der Waals surface area contributed by atoms with Crippen molar-refractivity contribution in [3.8, 4) is 23.0 Å². The van der Waals surface area contributed by atoms with Crippen LogP contribution in [0.3, 0.4) is 0 Å². The number of rotatable bonds is 2. The Hall–Kier alpha value is -3.56. The molecule has 1 aliphatic rings. The molecule has 5 rings (SSSR count). The molecular weight excluding hydrogens is 360 g/mol. The zero-order valence-electron chi connectivity index (χ0n) is 17.0. The third-order valence-electron chi connectivity index (χ3n) is 6.07. The maximum Gasteiger partial charge on any atom is 0.0249 e. The van der Waals surface area contributed by atoms with Crippen LogP contribution in [0.1, 0.15) is 40.2 Å².